The zero-order valence-electron chi connectivity index (χ0n) is 10.5. The van der Waals surface area contributed by atoms with E-state index in [0.717, 1.165) is 30.4 Å². The average molecular weight is 273 g/mol. The maximum atomic E-state index is 12.6. The van der Waals surface area contributed by atoms with Crippen LogP contribution in [-0.4, -0.2) is 20.5 Å². The van der Waals surface area contributed by atoms with E-state index in [2.05, 4.69) is 11.4 Å². The Hall–Kier alpha value is -1.39. The van der Waals surface area contributed by atoms with Crippen LogP contribution in [0.2, 0.25) is 0 Å². The van der Waals surface area contributed by atoms with Crippen molar-refractivity contribution in [2.24, 2.45) is 0 Å². The van der Waals surface area contributed by atoms with E-state index in [9.17, 15) is 8.42 Å². The summed E-state index contributed by atoms with van der Waals surface area (Å²) in [5.74, 6) is 0. The second kappa shape index (κ2) is 3.81. The summed E-state index contributed by atoms with van der Waals surface area (Å²) in [7, 11) is -3.30. The number of rotatable bonds is 1. The van der Waals surface area contributed by atoms with Crippen molar-refractivity contribution in [1.29, 1.82) is 0 Å². The summed E-state index contributed by atoms with van der Waals surface area (Å²) in [4.78, 5) is 0.976. The largest absolute Gasteiger partial charge is 0.307 e. The van der Waals surface area contributed by atoms with Crippen molar-refractivity contribution in [2.45, 2.75) is 36.2 Å². The molecule has 1 fully saturated rings. The highest BCUT2D eigenvalue weighted by molar-refractivity contribution is 7.96. The zero-order valence-corrected chi connectivity index (χ0v) is 11.3. The van der Waals surface area contributed by atoms with Crippen LogP contribution in [0, 0.1) is 0 Å². The van der Waals surface area contributed by atoms with Gasteiger partial charge < -0.3 is 5.32 Å². The van der Waals surface area contributed by atoms with E-state index in [-0.39, 0.29) is 0 Å². The first-order chi connectivity index (χ1) is 9.14. The predicted octanol–water partition coefficient (Wildman–Crippen LogP) is 2.27. The zero-order chi connectivity index (χ0) is 13.0. The van der Waals surface area contributed by atoms with Gasteiger partial charge in [-0.25, -0.2) is 8.42 Å². The molecule has 0 aromatic heterocycles. The summed E-state index contributed by atoms with van der Waals surface area (Å²) in [6, 6.07) is 8.04. The van der Waals surface area contributed by atoms with Gasteiger partial charge in [0.1, 0.15) is 0 Å². The van der Waals surface area contributed by atoms with Crippen LogP contribution in [-0.2, 0) is 9.84 Å². The molecule has 3 heterocycles. The van der Waals surface area contributed by atoms with Crippen LogP contribution in [0.25, 0.3) is 6.08 Å². The number of benzene rings is 1. The van der Waals surface area contributed by atoms with Crippen molar-refractivity contribution < 1.29 is 8.42 Å². The van der Waals surface area contributed by atoms with Gasteiger partial charge in [0.2, 0.25) is 9.84 Å². The maximum absolute atomic E-state index is 12.6. The fraction of sp³-hybridized carbons (Fsp3) is 0.333. The lowest BCUT2D eigenvalue weighted by molar-refractivity contribution is 0.553. The monoisotopic (exact) mass is 273 g/mol. The maximum Gasteiger partial charge on any atom is 0.207 e. The van der Waals surface area contributed by atoms with Crippen molar-refractivity contribution in [2.75, 3.05) is 0 Å². The van der Waals surface area contributed by atoms with Gasteiger partial charge in [0.05, 0.1) is 9.80 Å². The summed E-state index contributed by atoms with van der Waals surface area (Å²) in [6.07, 6.45) is 7.04. The Morgan fingerprint density at radius 2 is 2.00 bits per heavy atom. The molecule has 2 bridgehead atoms. The summed E-state index contributed by atoms with van der Waals surface area (Å²) < 4.78 is 25.2. The van der Waals surface area contributed by atoms with Crippen molar-refractivity contribution in [3.63, 3.8) is 0 Å². The number of hydrogen-bond acceptors (Lipinski definition) is 3. The van der Waals surface area contributed by atoms with Gasteiger partial charge in [-0.1, -0.05) is 24.3 Å². The van der Waals surface area contributed by atoms with E-state index in [0.29, 0.717) is 21.9 Å². The fourth-order valence-corrected chi connectivity index (χ4v) is 5.06. The number of allylic oxidation sites excluding steroid dienone is 1. The Labute approximate surface area is 112 Å². The Morgan fingerprint density at radius 3 is 2.79 bits per heavy atom. The van der Waals surface area contributed by atoms with Gasteiger partial charge in [0.15, 0.2) is 0 Å². The molecule has 0 saturated carbocycles. The second-order valence-corrected chi connectivity index (χ2v) is 7.38. The van der Waals surface area contributed by atoms with E-state index in [1.54, 1.807) is 12.1 Å². The first-order valence-corrected chi connectivity index (χ1v) is 8.16. The first kappa shape index (κ1) is 11.4. The fourth-order valence-electron chi connectivity index (χ4n) is 3.35. The average Bonchev–Trinajstić information content (AvgIpc) is 2.88. The Kier molecular flexibility index (Phi) is 2.29. The highest BCUT2D eigenvalue weighted by atomic mass is 32.2. The van der Waals surface area contributed by atoms with Gasteiger partial charge in [-0.05, 0) is 42.5 Å². The Balaban J connectivity index is 1.82. The van der Waals surface area contributed by atoms with Crippen molar-refractivity contribution in [3.8, 4) is 0 Å². The quantitative estimate of drug-likeness (QED) is 0.853. The number of sulfone groups is 1. The topological polar surface area (TPSA) is 46.2 Å². The van der Waals surface area contributed by atoms with Gasteiger partial charge in [0.25, 0.3) is 0 Å². The van der Waals surface area contributed by atoms with E-state index < -0.39 is 9.84 Å². The van der Waals surface area contributed by atoms with E-state index in [1.807, 2.05) is 18.2 Å². The number of hydrogen-bond donors (Lipinski definition) is 1. The van der Waals surface area contributed by atoms with E-state index in [1.165, 1.54) is 0 Å². The van der Waals surface area contributed by atoms with Crippen LogP contribution in [0.4, 0.5) is 0 Å². The molecule has 98 valence electrons. The molecule has 0 spiro atoms. The third-order valence-electron chi connectivity index (χ3n) is 4.25. The molecule has 3 aliphatic rings. The van der Waals surface area contributed by atoms with Crippen LogP contribution in [0.5, 0.6) is 0 Å². The smallest absolute Gasteiger partial charge is 0.207 e. The highest BCUT2D eigenvalue weighted by Gasteiger charge is 2.36. The molecule has 3 nitrogen and oxygen atoms in total. The molecule has 0 radical (unpaired) electrons. The van der Waals surface area contributed by atoms with Crippen LogP contribution in [0.3, 0.4) is 0 Å². The normalized spacial score (nSPS) is 30.7. The SMILES string of the molecule is O=S1(=O)C(C2=CC3CCC(C2)N3)=Cc2ccccc21. The standard InChI is InChI=1S/C15H15NO2S/c17-19(18)14-4-2-1-3-10(14)9-15(19)11-7-12-5-6-13(8-11)16-12/h1-4,7,9,12-13,16H,5-6,8H2. The van der Waals surface area contributed by atoms with Crippen LogP contribution in [0.1, 0.15) is 24.8 Å². The first-order valence-electron chi connectivity index (χ1n) is 6.67. The van der Waals surface area contributed by atoms with Gasteiger partial charge in [0, 0.05) is 12.1 Å². The molecule has 0 amide bonds. The Morgan fingerprint density at radius 1 is 1.16 bits per heavy atom. The molecule has 2 atom stereocenters. The molecule has 1 aromatic rings. The molecule has 4 heteroatoms. The van der Waals surface area contributed by atoms with Gasteiger partial charge >= 0.3 is 0 Å². The molecule has 1 saturated heterocycles. The minimum absolute atomic E-state index is 0.355. The molecule has 1 N–H and O–H groups in total. The Bertz CT molecular complexity index is 715. The molecular weight excluding hydrogens is 258 g/mol. The van der Waals surface area contributed by atoms with Crippen molar-refractivity contribution in [3.05, 3.63) is 46.4 Å². The van der Waals surface area contributed by atoms with Crippen molar-refractivity contribution >= 4 is 15.9 Å². The lowest BCUT2D eigenvalue weighted by Gasteiger charge is -2.21. The summed E-state index contributed by atoms with van der Waals surface area (Å²) >= 11 is 0. The summed E-state index contributed by atoms with van der Waals surface area (Å²) in [5, 5.41) is 3.49. The highest BCUT2D eigenvalue weighted by Crippen LogP contribution is 2.40. The summed E-state index contributed by atoms with van der Waals surface area (Å²) in [6.45, 7) is 0. The van der Waals surface area contributed by atoms with Crippen LogP contribution in [0.15, 0.2) is 45.7 Å². The molecule has 19 heavy (non-hydrogen) atoms. The minimum Gasteiger partial charge on any atom is -0.307 e. The third kappa shape index (κ3) is 1.63. The molecule has 1 aromatic carbocycles. The number of nitrogens with one attached hydrogen (secondary N) is 1. The van der Waals surface area contributed by atoms with Gasteiger partial charge in [-0.3, -0.25) is 0 Å². The van der Waals surface area contributed by atoms with Crippen LogP contribution >= 0.6 is 0 Å². The third-order valence-corrected chi connectivity index (χ3v) is 6.16. The molecule has 0 aliphatic carbocycles. The van der Waals surface area contributed by atoms with E-state index in [4.69, 9.17) is 0 Å². The van der Waals surface area contributed by atoms with Crippen LogP contribution < -0.4 is 5.32 Å². The predicted molar refractivity (Wildman–Crippen MR) is 74.3 cm³/mol. The molecular formula is C15H15NO2S. The summed E-state index contributed by atoms with van der Waals surface area (Å²) in [5.41, 5.74) is 1.83. The number of fused-ring (bicyclic) bond motifs is 3. The lowest BCUT2D eigenvalue weighted by atomic mass is 10.0. The van der Waals surface area contributed by atoms with Gasteiger partial charge in [-0.2, -0.15) is 0 Å². The lowest BCUT2D eigenvalue weighted by Crippen LogP contribution is -2.33. The molecule has 3 aliphatic heterocycles. The van der Waals surface area contributed by atoms with Crippen molar-refractivity contribution in [1.82, 2.24) is 5.32 Å². The minimum atomic E-state index is -3.30. The van der Waals surface area contributed by atoms with E-state index >= 15 is 0 Å². The van der Waals surface area contributed by atoms with Gasteiger partial charge in [-0.15, -0.1) is 0 Å². The molecule has 4 rings (SSSR count). The molecule has 2 unspecified atom stereocenters. The second-order valence-electron chi connectivity index (χ2n) is 5.49.